The Bertz CT molecular complexity index is 2770. The van der Waals surface area contributed by atoms with Crippen LogP contribution in [0.5, 0.6) is 0 Å². The van der Waals surface area contributed by atoms with Gasteiger partial charge in [-0.1, -0.05) is 107 Å². The molecule has 0 fully saturated rings. The van der Waals surface area contributed by atoms with E-state index in [1.165, 1.54) is 93.6 Å². The van der Waals surface area contributed by atoms with Crippen LogP contribution < -0.4 is 16.4 Å². The van der Waals surface area contributed by atoms with Gasteiger partial charge in [0.1, 0.15) is 6.33 Å². The number of aromatic nitrogens is 4. The molecule has 2 aliphatic heterocycles. The molecule has 0 N–H and O–H groups in total. The third-order valence-corrected chi connectivity index (χ3v) is 12.7. The van der Waals surface area contributed by atoms with Crippen molar-refractivity contribution in [3.63, 3.8) is 0 Å². The summed E-state index contributed by atoms with van der Waals surface area (Å²) in [5.41, 5.74) is 19.3. The number of benzene rings is 5. The molecule has 0 radical (unpaired) electrons. The van der Waals surface area contributed by atoms with Crippen LogP contribution in [-0.4, -0.2) is 25.8 Å². The molecule has 5 heteroatoms. The summed E-state index contributed by atoms with van der Waals surface area (Å²) in [6.45, 7) is 28.2. The van der Waals surface area contributed by atoms with E-state index in [0.717, 1.165) is 11.3 Å². The molecule has 4 nitrogen and oxygen atoms in total. The van der Waals surface area contributed by atoms with Crippen molar-refractivity contribution in [2.24, 2.45) is 0 Å². The third kappa shape index (κ3) is 4.84. The first-order chi connectivity index (χ1) is 25.8. The molecule has 3 aromatic heterocycles. The summed E-state index contributed by atoms with van der Waals surface area (Å²) in [6.07, 6.45) is 3.53. The molecule has 5 heterocycles. The standard InChI is InChI=1S/C50H51BN4/c1-47(2,3)29-13-15-40-33(21-29)35-23-31(49(7,8)9)25-37-45(35)54(40)42-19-28(39-17-18-52-27-53-39)20-43-44(42)51(37)38-26-32(50(10,11)12)24-36-34-22-30(48(4,5)6)14-16-41(34)55(43)46(36)38/h13-27H,1-12H3. The molecule has 0 amide bonds. The summed E-state index contributed by atoms with van der Waals surface area (Å²) in [5.74, 6) is 0. The van der Waals surface area contributed by atoms with Crippen LogP contribution in [0.1, 0.15) is 105 Å². The molecule has 0 spiro atoms. The molecule has 2 aliphatic rings. The fraction of sp³-hybridized carbons (Fsp3) is 0.320. The lowest BCUT2D eigenvalue weighted by atomic mass is 9.34. The van der Waals surface area contributed by atoms with Gasteiger partial charge in [0.05, 0.1) is 16.7 Å². The van der Waals surface area contributed by atoms with Crippen LogP contribution in [0.3, 0.4) is 0 Å². The van der Waals surface area contributed by atoms with E-state index in [1.54, 1.807) is 6.33 Å². The minimum Gasteiger partial charge on any atom is -0.310 e. The Morgan fingerprint density at radius 3 is 1.31 bits per heavy atom. The second kappa shape index (κ2) is 10.8. The van der Waals surface area contributed by atoms with Crippen molar-refractivity contribution in [1.29, 1.82) is 0 Å². The van der Waals surface area contributed by atoms with E-state index >= 15 is 0 Å². The normalized spacial score (nSPS) is 14.1. The maximum Gasteiger partial charge on any atom is 0.252 e. The summed E-state index contributed by atoms with van der Waals surface area (Å²) in [6, 6.07) is 31.4. The Morgan fingerprint density at radius 2 is 0.909 bits per heavy atom. The van der Waals surface area contributed by atoms with Crippen molar-refractivity contribution in [2.75, 3.05) is 0 Å². The van der Waals surface area contributed by atoms with E-state index in [2.05, 4.69) is 170 Å². The van der Waals surface area contributed by atoms with Crippen molar-refractivity contribution in [1.82, 2.24) is 19.1 Å². The predicted octanol–water partition coefficient (Wildman–Crippen LogP) is 10.7. The second-order valence-corrected chi connectivity index (χ2v) is 20.5. The molecule has 0 unspecified atom stereocenters. The average Bonchev–Trinajstić information content (AvgIpc) is 3.63. The van der Waals surface area contributed by atoms with Crippen molar-refractivity contribution in [3.05, 3.63) is 114 Å². The van der Waals surface area contributed by atoms with Crippen LogP contribution >= 0.6 is 0 Å². The van der Waals surface area contributed by atoms with Crippen LogP contribution in [0, 0.1) is 0 Å². The maximum atomic E-state index is 4.82. The largest absolute Gasteiger partial charge is 0.310 e. The lowest BCUT2D eigenvalue weighted by molar-refractivity contribution is 0.590. The van der Waals surface area contributed by atoms with Crippen LogP contribution in [0.2, 0.25) is 0 Å². The number of fused-ring (bicyclic) bond motifs is 10. The number of hydrogen-bond acceptors (Lipinski definition) is 2. The van der Waals surface area contributed by atoms with Gasteiger partial charge in [-0.05, 0) is 115 Å². The highest BCUT2D eigenvalue weighted by molar-refractivity contribution is 7.00. The van der Waals surface area contributed by atoms with E-state index in [4.69, 9.17) is 4.98 Å². The molecule has 5 aromatic carbocycles. The van der Waals surface area contributed by atoms with Crippen LogP contribution in [0.25, 0.3) is 66.2 Å². The molecule has 55 heavy (non-hydrogen) atoms. The van der Waals surface area contributed by atoms with Gasteiger partial charge in [0.25, 0.3) is 6.71 Å². The van der Waals surface area contributed by atoms with E-state index in [0.29, 0.717) is 0 Å². The highest BCUT2D eigenvalue weighted by Gasteiger charge is 2.43. The van der Waals surface area contributed by atoms with Gasteiger partial charge in [0.15, 0.2) is 0 Å². The topological polar surface area (TPSA) is 35.6 Å². The fourth-order valence-corrected chi connectivity index (χ4v) is 9.47. The molecular weight excluding hydrogens is 667 g/mol. The Morgan fingerprint density at radius 1 is 0.473 bits per heavy atom. The molecule has 0 saturated heterocycles. The molecule has 274 valence electrons. The van der Waals surface area contributed by atoms with Crippen molar-refractivity contribution >= 4 is 66.7 Å². The van der Waals surface area contributed by atoms with Crippen LogP contribution in [-0.2, 0) is 21.7 Å². The van der Waals surface area contributed by atoms with Crippen molar-refractivity contribution in [3.8, 4) is 22.6 Å². The Balaban J connectivity index is 1.45. The Hall–Kier alpha value is -5.16. The number of hydrogen-bond donors (Lipinski definition) is 0. The fourth-order valence-electron chi connectivity index (χ4n) is 9.47. The molecule has 8 aromatic rings. The summed E-state index contributed by atoms with van der Waals surface area (Å²) in [4.78, 5) is 9.12. The second-order valence-electron chi connectivity index (χ2n) is 20.5. The van der Waals surface area contributed by atoms with E-state index < -0.39 is 0 Å². The molecule has 0 atom stereocenters. The zero-order chi connectivity index (χ0) is 38.7. The van der Waals surface area contributed by atoms with Gasteiger partial charge in [-0.2, -0.15) is 0 Å². The van der Waals surface area contributed by atoms with Gasteiger partial charge in [-0.3, -0.25) is 0 Å². The Labute approximate surface area is 325 Å². The SMILES string of the molecule is CC(C)(C)c1ccc2c(c1)c1cc(C(C)(C)C)cc3c1n2-c1cc(-c2ccncn2)cc2c1B3c1cc(C(C)(C)C)cc3c4cc(C(C)(C)C)ccc4n-2c13. The van der Waals surface area contributed by atoms with E-state index in [9.17, 15) is 0 Å². The number of rotatable bonds is 1. The van der Waals surface area contributed by atoms with Gasteiger partial charge in [0, 0.05) is 55.7 Å². The highest BCUT2D eigenvalue weighted by Crippen LogP contribution is 2.44. The minimum atomic E-state index is -0.0315. The quantitative estimate of drug-likeness (QED) is 0.158. The summed E-state index contributed by atoms with van der Waals surface area (Å²) in [7, 11) is 0. The monoisotopic (exact) mass is 718 g/mol. The third-order valence-electron chi connectivity index (χ3n) is 12.7. The zero-order valence-electron chi connectivity index (χ0n) is 34.5. The first kappa shape index (κ1) is 34.3. The van der Waals surface area contributed by atoms with Gasteiger partial charge in [-0.15, -0.1) is 0 Å². The van der Waals surface area contributed by atoms with Gasteiger partial charge in [-0.25, -0.2) is 9.97 Å². The summed E-state index contributed by atoms with van der Waals surface area (Å²) < 4.78 is 5.19. The molecule has 0 bridgehead atoms. The van der Waals surface area contributed by atoms with Gasteiger partial charge in [0.2, 0.25) is 0 Å². The zero-order valence-corrected chi connectivity index (χ0v) is 34.5. The first-order valence-corrected chi connectivity index (χ1v) is 20.0. The average molecular weight is 719 g/mol. The van der Waals surface area contributed by atoms with Gasteiger partial charge < -0.3 is 9.13 Å². The smallest absolute Gasteiger partial charge is 0.252 e. The van der Waals surface area contributed by atoms with Crippen LogP contribution in [0.15, 0.2) is 91.4 Å². The van der Waals surface area contributed by atoms with Crippen molar-refractivity contribution in [2.45, 2.75) is 105 Å². The number of nitrogens with zero attached hydrogens (tertiary/aromatic N) is 4. The van der Waals surface area contributed by atoms with E-state index in [1.807, 2.05) is 12.3 Å². The highest BCUT2D eigenvalue weighted by atomic mass is 15.0. The van der Waals surface area contributed by atoms with Crippen LogP contribution in [0.4, 0.5) is 0 Å². The summed E-state index contributed by atoms with van der Waals surface area (Å²) in [5, 5.41) is 5.32. The first-order valence-electron chi connectivity index (χ1n) is 20.0. The molecule has 0 aliphatic carbocycles. The lowest BCUT2D eigenvalue weighted by Gasteiger charge is -2.35. The maximum absolute atomic E-state index is 4.82. The Kier molecular flexibility index (Phi) is 6.73. The molecule has 0 saturated carbocycles. The molecule has 10 rings (SSSR count). The minimum absolute atomic E-state index is 0.0282. The van der Waals surface area contributed by atoms with Gasteiger partial charge >= 0.3 is 0 Å². The summed E-state index contributed by atoms with van der Waals surface area (Å²) >= 11 is 0. The van der Waals surface area contributed by atoms with Crippen molar-refractivity contribution < 1.29 is 0 Å². The lowest BCUT2D eigenvalue weighted by Crippen LogP contribution is -2.59. The van der Waals surface area contributed by atoms with E-state index in [-0.39, 0.29) is 28.4 Å². The molecular formula is C50H51BN4. The predicted molar refractivity (Wildman–Crippen MR) is 236 cm³/mol.